The van der Waals surface area contributed by atoms with E-state index < -0.39 is 17.5 Å². The van der Waals surface area contributed by atoms with Crippen LogP contribution < -0.4 is 0 Å². The highest BCUT2D eigenvalue weighted by Gasteiger charge is 2.25. The smallest absolute Gasteiger partial charge is 0.306 e. The molecule has 0 rings (SSSR count). The SMILES string of the molecule is CCC(C)(COC(=O)CCC(=O)O)N=O. The van der Waals surface area contributed by atoms with Crippen molar-refractivity contribution >= 4 is 11.9 Å². The molecule has 0 aliphatic carbocycles. The normalized spacial score (nSPS) is 14.0. The van der Waals surface area contributed by atoms with E-state index in [1.165, 1.54) is 0 Å². The molecular formula is C9H15NO5. The van der Waals surface area contributed by atoms with Gasteiger partial charge in [0.15, 0.2) is 0 Å². The van der Waals surface area contributed by atoms with Gasteiger partial charge in [-0.3, -0.25) is 9.59 Å². The summed E-state index contributed by atoms with van der Waals surface area (Å²) < 4.78 is 4.74. The summed E-state index contributed by atoms with van der Waals surface area (Å²) in [6.45, 7) is 3.22. The predicted octanol–water partition coefficient (Wildman–Crippen LogP) is 1.33. The fraction of sp³-hybridized carbons (Fsp3) is 0.778. The van der Waals surface area contributed by atoms with E-state index in [0.717, 1.165) is 0 Å². The van der Waals surface area contributed by atoms with E-state index in [4.69, 9.17) is 9.84 Å². The first-order chi connectivity index (χ1) is 6.93. The summed E-state index contributed by atoms with van der Waals surface area (Å²) >= 11 is 0. The molecule has 1 unspecified atom stereocenters. The molecule has 86 valence electrons. The first kappa shape index (κ1) is 13.5. The topological polar surface area (TPSA) is 93.0 Å². The number of aliphatic carboxylic acids is 1. The molecule has 0 saturated carbocycles. The zero-order chi connectivity index (χ0) is 11.9. The summed E-state index contributed by atoms with van der Waals surface area (Å²) in [5, 5.41) is 11.2. The van der Waals surface area contributed by atoms with Crippen LogP contribution >= 0.6 is 0 Å². The number of carboxylic acids is 1. The first-order valence-corrected chi connectivity index (χ1v) is 4.65. The molecular weight excluding hydrogens is 202 g/mol. The Hall–Kier alpha value is -1.46. The Balaban J connectivity index is 3.89. The molecule has 15 heavy (non-hydrogen) atoms. The number of nitrogens with zero attached hydrogens (tertiary/aromatic N) is 1. The summed E-state index contributed by atoms with van der Waals surface area (Å²) in [6.07, 6.45) is 0.00683. The van der Waals surface area contributed by atoms with E-state index in [1.54, 1.807) is 13.8 Å². The Kier molecular flexibility index (Phi) is 5.51. The molecule has 0 aromatic rings. The van der Waals surface area contributed by atoms with Gasteiger partial charge >= 0.3 is 11.9 Å². The lowest BCUT2D eigenvalue weighted by atomic mass is 10.0. The number of carbonyl (C=O) groups is 2. The van der Waals surface area contributed by atoms with Gasteiger partial charge in [-0.05, 0) is 13.3 Å². The quantitative estimate of drug-likeness (QED) is 0.513. The van der Waals surface area contributed by atoms with Crippen LogP contribution in [0.5, 0.6) is 0 Å². The fourth-order valence-electron chi connectivity index (χ4n) is 0.710. The van der Waals surface area contributed by atoms with E-state index >= 15 is 0 Å². The Morgan fingerprint density at radius 2 is 2.00 bits per heavy atom. The monoisotopic (exact) mass is 217 g/mol. The number of rotatable bonds is 7. The van der Waals surface area contributed by atoms with Gasteiger partial charge in [0.1, 0.15) is 12.1 Å². The Morgan fingerprint density at radius 1 is 1.40 bits per heavy atom. The van der Waals surface area contributed by atoms with Crippen LogP contribution in [0.2, 0.25) is 0 Å². The number of hydrogen-bond acceptors (Lipinski definition) is 5. The van der Waals surface area contributed by atoms with Crippen LogP contribution in [0.4, 0.5) is 0 Å². The molecule has 0 aromatic heterocycles. The molecule has 1 atom stereocenters. The molecule has 0 radical (unpaired) electrons. The molecule has 0 saturated heterocycles. The molecule has 0 spiro atoms. The lowest BCUT2D eigenvalue weighted by Crippen LogP contribution is -2.28. The van der Waals surface area contributed by atoms with Crippen molar-refractivity contribution in [2.24, 2.45) is 5.18 Å². The molecule has 0 bridgehead atoms. The van der Waals surface area contributed by atoms with Crippen molar-refractivity contribution in [3.63, 3.8) is 0 Å². The lowest BCUT2D eigenvalue weighted by Gasteiger charge is -2.18. The average molecular weight is 217 g/mol. The van der Waals surface area contributed by atoms with Crippen LogP contribution in [-0.2, 0) is 14.3 Å². The van der Waals surface area contributed by atoms with E-state index in [0.29, 0.717) is 6.42 Å². The van der Waals surface area contributed by atoms with Crippen molar-refractivity contribution in [2.75, 3.05) is 6.61 Å². The molecule has 0 aromatic carbocycles. The second-order valence-corrected chi connectivity index (χ2v) is 3.50. The average Bonchev–Trinajstić information content (AvgIpc) is 2.23. The number of ether oxygens (including phenoxy) is 1. The number of hydrogen-bond donors (Lipinski definition) is 1. The molecule has 1 N–H and O–H groups in total. The highest BCUT2D eigenvalue weighted by molar-refractivity contribution is 5.76. The molecule has 0 aliphatic heterocycles. The van der Waals surface area contributed by atoms with Crippen LogP contribution in [-0.4, -0.2) is 29.2 Å². The summed E-state index contributed by atoms with van der Waals surface area (Å²) in [5.41, 5.74) is -0.918. The van der Waals surface area contributed by atoms with Crippen LogP contribution in [0.25, 0.3) is 0 Å². The zero-order valence-electron chi connectivity index (χ0n) is 8.86. The maximum atomic E-state index is 11.0. The number of carbonyl (C=O) groups excluding carboxylic acids is 1. The van der Waals surface area contributed by atoms with Gasteiger partial charge < -0.3 is 9.84 Å². The largest absolute Gasteiger partial charge is 0.481 e. The minimum Gasteiger partial charge on any atom is -0.481 e. The van der Waals surface area contributed by atoms with E-state index in [2.05, 4.69) is 5.18 Å². The molecule has 0 heterocycles. The van der Waals surface area contributed by atoms with Gasteiger partial charge in [-0.2, -0.15) is 4.91 Å². The predicted molar refractivity (Wildman–Crippen MR) is 52.3 cm³/mol. The van der Waals surface area contributed by atoms with E-state index in [1.807, 2.05) is 0 Å². The maximum absolute atomic E-state index is 11.0. The summed E-state index contributed by atoms with van der Waals surface area (Å²) in [4.78, 5) is 31.5. The summed E-state index contributed by atoms with van der Waals surface area (Å²) in [7, 11) is 0. The Bertz CT molecular complexity index is 253. The standard InChI is InChI=1S/C9H15NO5/c1-3-9(2,10-14)6-15-8(13)5-4-7(11)12/h3-6H2,1-2H3,(H,11,12). The second-order valence-electron chi connectivity index (χ2n) is 3.50. The van der Waals surface area contributed by atoms with Crippen molar-refractivity contribution in [3.05, 3.63) is 4.91 Å². The van der Waals surface area contributed by atoms with Crippen molar-refractivity contribution < 1.29 is 19.4 Å². The fourth-order valence-corrected chi connectivity index (χ4v) is 0.710. The van der Waals surface area contributed by atoms with Gasteiger partial charge in [0.25, 0.3) is 0 Å². The third-order valence-electron chi connectivity index (χ3n) is 2.07. The molecule has 0 aliphatic rings. The van der Waals surface area contributed by atoms with Crippen molar-refractivity contribution in [1.29, 1.82) is 0 Å². The number of carboxylic acid groups (broad SMARTS) is 1. The third-order valence-corrected chi connectivity index (χ3v) is 2.07. The number of nitroso groups, excluding NO2 is 1. The van der Waals surface area contributed by atoms with Crippen LogP contribution in [0.3, 0.4) is 0 Å². The highest BCUT2D eigenvalue weighted by atomic mass is 16.5. The minimum absolute atomic E-state index is 0.106. The van der Waals surface area contributed by atoms with Gasteiger partial charge in [0.05, 0.1) is 12.8 Å². The van der Waals surface area contributed by atoms with Crippen molar-refractivity contribution in [3.8, 4) is 0 Å². The minimum atomic E-state index is -1.06. The Labute approximate surface area is 87.6 Å². The van der Waals surface area contributed by atoms with Gasteiger partial charge in [0.2, 0.25) is 0 Å². The van der Waals surface area contributed by atoms with Crippen molar-refractivity contribution in [1.82, 2.24) is 0 Å². The first-order valence-electron chi connectivity index (χ1n) is 4.65. The van der Waals surface area contributed by atoms with Crippen molar-refractivity contribution in [2.45, 2.75) is 38.6 Å². The van der Waals surface area contributed by atoms with Gasteiger partial charge in [0, 0.05) is 0 Å². The van der Waals surface area contributed by atoms with E-state index in [9.17, 15) is 14.5 Å². The third kappa shape index (κ3) is 5.77. The van der Waals surface area contributed by atoms with Gasteiger partial charge in [-0.1, -0.05) is 12.1 Å². The van der Waals surface area contributed by atoms with Gasteiger partial charge in [-0.15, -0.1) is 0 Å². The van der Waals surface area contributed by atoms with Crippen LogP contribution in [0.15, 0.2) is 5.18 Å². The Morgan fingerprint density at radius 3 is 2.40 bits per heavy atom. The van der Waals surface area contributed by atoms with Crippen LogP contribution in [0, 0.1) is 4.91 Å². The van der Waals surface area contributed by atoms with Crippen LogP contribution in [0.1, 0.15) is 33.1 Å². The lowest BCUT2D eigenvalue weighted by molar-refractivity contribution is -0.149. The summed E-state index contributed by atoms with van der Waals surface area (Å²) in [5.74, 6) is -1.68. The number of esters is 1. The molecule has 6 heteroatoms. The highest BCUT2D eigenvalue weighted by Crippen LogP contribution is 2.15. The molecule has 0 amide bonds. The second kappa shape index (κ2) is 6.10. The van der Waals surface area contributed by atoms with E-state index in [-0.39, 0.29) is 19.4 Å². The molecule has 0 fully saturated rings. The zero-order valence-corrected chi connectivity index (χ0v) is 8.86. The van der Waals surface area contributed by atoms with Gasteiger partial charge in [-0.25, -0.2) is 0 Å². The maximum Gasteiger partial charge on any atom is 0.306 e. The molecule has 6 nitrogen and oxygen atoms in total. The summed E-state index contributed by atoms with van der Waals surface area (Å²) in [6, 6.07) is 0.